The van der Waals surface area contributed by atoms with Gasteiger partial charge in [-0.05, 0) is 66.0 Å². The van der Waals surface area contributed by atoms with E-state index in [1.807, 2.05) is 60.4 Å². The first-order valence-electron chi connectivity index (χ1n) is 9.65. The molecule has 0 aliphatic heterocycles. The number of furan rings is 1. The Hall–Kier alpha value is -3.45. The Morgan fingerprint density at radius 3 is 2.87 bits per heavy atom. The Balaban J connectivity index is 1.59. The lowest BCUT2D eigenvalue weighted by molar-refractivity contribution is 0.393. The van der Waals surface area contributed by atoms with Gasteiger partial charge in [-0.25, -0.2) is 0 Å². The van der Waals surface area contributed by atoms with Gasteiger partial charge in [0.05, 0.1) is 19.4 Å². The zero-order valence-electron chi connectivity index (χ0n) is 16.6. The minimum atomic E-state index is -0.113. The predicted molar refractivity (Wildman–Crippen MR) is 121 cm³/mol. The number of aromatic amines is 1. The summed E-state index contributed by atoms with van der Waals surface area (Å²) in [6.45, 7) is 3.38. The molecule has 4 rings (SSSR count). The molecular formula is C23H22N4O2S. The third-order valence-electron chi connectivity index (χ3n) is 4.82. The Bertz CT molecular complexity index is 1200. The number of H-pyrrole nitrogens is 1. The van der Waals surface area contributed by atoms with E-state index in [1.165, 1.54) is 0 Å². The van der Waals surface area contributed by atoms with Crippen LogP contribution >= 0.6 is 12.2 Å². The molecular weight excluding hydrogens is 396 g/mol. The highest BCUT2D eigenvalue weighted by Crippen LogP contribution is 2.15. The molecule has 1 aromatic carbocycles. The van der Waals surface area contributed by atoms with Crippen molar-refractivity contribution in [1.82, 2.24) is 20.2 Å². The van der Waals surface area contributed by atoms with Crippen molar-refractivity contribution in [2.45, 2.75) is 26.6 Å². The molecule has 0 aliphatic carbocycles. The number of nitrogens with zero attached hydrogens (tertiary/aromatic N) is 2. The molecule has 0 unspecified atom stereocenters. The van der Waals surface area contributed by atoms with E-state index in [1.54, 1.807) is 18.7 Å². The van der Waals surface area contributed by atoms with Crippen LogP contribution in [0.5, 0.6) is 0 Å². The largest absolute Gasteiger partial charge is 0.467 e. The van der Waals surface area contributed by atoms with E-state index < -0.39 is 0 Å². The summed E-state index contributed by atoms with van der Waals surface area (Å²) in [6, 6.07) is 15.6. The van der Waals surface area contributed by atoms with E-state index in [-0.39, 0.29) is 5.56 Å². The maximum atomic E-state index is 12.7. The summed E-state index contributed by atoms with van der Waals surface area (Å²) in [4.78, 5) is 21.9. The summed E-state index contributed by atoms with van der Waals surface area (Å²) in [5.41, 5.74) is 3.48. The average Bonchev–Trinajstić information content (AvgIpc) is 3.26. The Morgan fingerprint density at radius 1 is 1.20 bits per heavy atom. The lowest BCUT2D eigenvalue weighted by atomic mass is 10.1. The van der Waals surface area contributed by atoms with Crippen molar-refractivity contribution in [3.05, 3.63) is 100.0 Å². The van der Waals surface area contributed by atoms with E-state index in [4.69, 9.17) is 16.6 Å². The summed E-state index contributed by atoms with van der Waals surface area (Å²) in [5.74, 6) is 0.789. The normalized spacial score (nSPS) is 10.8. The van der Waals surface area contributed by atoms with Crippen LogP contribution in [0.15, 0.2) is 76.4 Å². The fourth-order valence-corrected chi connectivity index (χ4v) is 3.48. The van der Waals surface area contributed by atoms with Gasteiger partial charge in [0.15, 0.2) is 5.11 Å². The van der Waals surface area contributed by atoms with Gasteiger partial charge in [-0.2, -0.15) is 0 Å². The van der Waals surface area contributed by atoms with Crippen molar-refractivity contribution in [3.8, 4) is 0 Å². The van der Waals surface area contributed by atoms with Gasteiger partial charge in [-0.3, -0.25) is 9.78 Å². The van der Waals surface area contributed by atoms with Crippen molar-refractivity contribution in [2.75, 3.05) is 0 Å². The second-order valence-electron chi connectivity index (χ2n) is 7.17. The fraction of sp³-hybridized carbons (Fsp3) is 0.174. The quantitative estimate of drug-likeness (QED) is 0.463. The number of aromatic nitrogens is 2. The Labute approximate surface area is 179 Å². The first-order valence-corrected chi connectivity index (χ1v) is 10.1. The van der Waals surface area contributed by atoms with Gasteiger partial charge in [-0.1, -0.05) is 18.2 Å². The van der Waals surface area contributed by atoms with Gasteiger partial charge in [0.2, 0.25) is 0 Å². The zero-order chi connectivity index (χ0) is 20.9. The smallest absolute Gasteiger partial charge is 0.253 e. The third kappa shape index (κ3) is 4.75. The van der Waals surface area contributed by atoms with Crippen molar-refractivity contribution in [3.63, 3.8) is 0 Å². The average molecular weight is 419 g/mol. The first kappa shape index (κ1) is 19.8. The molecule has 30 heavy (non-hydrogen) atoms. The Morgan fingerprint density at radius 2 is 2.10 bits per heavy atom. The molecule has 0 bridgehead atoms. The van der Waals surface area contributed by atoms with Crippen LogP contribution in [0, 0.1) is 6.92 Å². The van der Waals surface area contributed by atoms with Crippen molar-refractivity contribution in [1.29, 1.82) is 0 Å². The highest BCUT2D eigenvalue weighted by Gasteiger charge is 2.14. The van der Waals surface area contributed by atoms with Gasteiger partial charge in [0, 0.05) is 30.0 Å². The Kier molecular flexibility index (Phi) is 5.90. The predicted octanol–water partition coefficient (Wildman–Crippen LogP) is 3.90. The molecule has 0 atom stereocenters. The van der Waals surface area contributed by atoms with Crippen LogP contribution < -0.4 is 10.9 Å². The monoisotopic (exact) mass is 418 g/mol. The maximum absolute atomic E-state index is 12.7. The fourth-order valence-electron chi connectivity index (χ4n) is 3.28. The van der Waals surface area contributed by atoms with Crippen LogP contribution in [0.1, 0.15) is 22.5 Å². The second kappa shape index (κ2) is 8.92. The lowest BCUT2D eigenvalue weighted by Crippen LogP contribution is -2.39. The molecule has 3 aromatic heterocycles. The van der Waals surface area contributed by atoms with E-state index in [2.05, 4.69) is 15.3 Å². The number of thiocarbonyl (C=S) groups is 1. The SMILES string of the molecule is Cc1ccc2cc(CN(Cc3cccnc3)C(=S)NCc3ccco3)c(=O)[nH]c2c1. The van der Waals surface area contributed by atoms with Gasteiger partial charge in [0.1, 0.15) is 5.76 Å². The van der Waals surface area contributed by atoms with Gasteiger partial charge in [-0.15, -0.1) is 0 Å². The molecule has 7 heteroatoms. The minimum Gasteiger partial charge on any atom is -0.467 e. The van der Waals surface area contributed by atoms with Crippen LogP contribution in [0.25, 0.3) is 10.9 Å². The van der Waals surface area contributed by atoms with Crippen molar-refractivity contribution < 1.29 is 4.42 Å². The molecule has 3 heterocycles. The van der Waals surface area contributed by atoms with Crippen molar-refractivity contribution in [2.24, 2.45) is 0 Å². The third-order valence-corrected chi connectivity index (χ3v) is 5.22. The van der Waals surface area contributed by atoms with Crippen LogP contribution in [-0.2, 0) is 19.6 Å². The molecule has 152 valence electrons. The number of hydrogen-bond acceptors (Lipinski definition) is 4. The summed E-state index contributed by atoms with van der Waals surface area (Å²) >= 11 is 5.64. The number of nitrogens with one attached hydrogen (secondary N) is 2. The zero-order valence-corrected chi connectivity index (χ0v) is 17.4. The lowest BCUT2D eigenvalue weighted by Gasteiger charge is -2.25. The number of fused-ring (bicyclic) bond motifs is 1. The minimum absolute atomic E-state index is 0.113. The number of aryl methyl sites for hydroxylation is 1. The number of benzene rings is 1. The molecule has 2 N–H and O–H groups in total. The molecule has 6 nitrogen and oxygen atoms in total. The van der Waals surface area contributed by atoms with Gasteiger partial charge >= 0.3 is 0 Å². The highest BCUT2D eigenvalue weighted by molar-refractivity contribution is 7.80. The van der Waals surface area contributed by atoms with E-state index in [9.17, 15) is 4.79 Å². The van der Waals surface area contributed by atoms with E-state index in [0.29, 0.717) is 30.3 Å². The summed E-state index contributed by atoms with van der Waals surface area (Å²) < 4.78 is 5.37. The second-order valence-corrected chi connectivity index (χ2v) is 7.56. The summed E-state index contributed by atoms with van der Waals surface area (Å²) in [5, 5.41) is 4.75. The van der Waals surface area contributed by atoms with Crippen LogP contribution in [0.2, 0.25) is 0 Å². The molecule has 0 radical (unpaired) electrons. The molecule has 0 spiro atoms. The molecule has 0 aliphatic rings. The summed E-state index contributed by atoms with van der Waals surface area (Å²) in [7, 11) is 0. The highest BCUT2D eigenvalue weighted by atomic mass is 32.1. The van der Waals surface area contributed by atoms with Crippen LogP contribution in [0.4, 0.5) is 0 Å². The molecule has 0 saturated heterocycles. The number of rotatable bonds is 6. The van der Waals surface area contributed by atoms with Gasteiger partial charge < -0.3 is 19.6 Å². The van der Waals surface area contributed by atoms with E-state index in [0.717, 1.165) is 27.8 Å². The van der Waals surface area contributed by atoms with Crippen LogP contribution in [0.3, 0.4) is 0 Å². The standard InChI is InChI=1S/C23H22N4O2S/c1-16-6-7-18-11-19(22(28)26-21(18)10-16)15-27(14-17-4-2-8-24-12-17)23(30)25-13-20-5-3-9-29-20/h2-12H,13-15H2,1H3,(H,25,30)(H,26,28). The maximum Gasteiger partial charge on any atom is 0.253 e. The topological polar surface area (TPSA) is 74.2 Å². The molecule has 4 aromatic rings. The van der Waals surface area contributed by atoms with Gasteiger partial charge in [0.25, 0.3) is 5.56 Å². The number of pyridine rings is 2. The number of hydrogen-bond donors (Lipinski definition) is 2. The van der Waals surface area contributed by atoms with E-state index >= 15 is 0 Å². The molecule has 0 amide bonds. The molecule has 0 fully saturated rings. The van der Waals surface area contributed by atoms with Crippen LogP contribution in [-0.4, -0.2) is 20.0 Å². The summed E-state index contributed by atoms with van der Waals surface area (Å²) in [6.07, 6.45) is 5.16. The van der Waals surface area contributed by atoms with Crippen molar-refractivity contribution >= 4 is 28.2 Å². The molecule has 0 saturated carbocycles. The first-order chi connectivity index (χ1) is 14.6.